The van der Waals surface area contributed by atoms with Crippen molar-refractivity contribution < 1.29 is 9.59 Å². The van der Waals surface area contributed by atoms with E-state index < -0.39 is 5.69 Å². The number of benzene rings is 1. The first kappa shape index (κ1) is 16.9. The molecule has 25 heavy (non-hydrogen) atoms. The highest BCUT2D eigenvalue weighted by Gasteiger charge is 2.25. The molecule has 2 heterocycles. The highest BCUT2D eigenvalue weighted by Crippen LogP contribution is 2.18. The highest BCUT2D eigenvalue weighted by atomic mass is 16.2. The van der Waals surface area contributed by atoms with Crippen LogP contribution in [0.5, 0.6) is 0 Å². The first-order valence-corrected chi connectivity index (χ1v) is 8.27. The Morgan fingerprint density at radius 2 is 2.00 bits per heavy atom. The fraction of sp³-hybridized carbons (Fsp3) is 0.333. The van der Waals surface area contributed by atoms with Crippen LogP contribution in [-0.4, -0.2) is 39.4 Å². The van der Waals surface area contributed by atoms with Crippen LogP contribution in [0.2, 0.25) is 0 Å². The summed E-state index contributed by atoms with van der Waals surface area (Å²) >= 11 is 0. The van der Waals surface area contributed by atoms with Crippen LogP contribution in [0.25, 0.3) is 0 Å². The van der Waals surface area contributed by atoms with E-state index in [-0.39, 0.29) is 24.4 Å². The van der Waals surface area contributed by atoms with E-state index >= 15 is 0 Å². The van der Waals surface area contributed by atoms with Crippen LogP contribution >= 0.6 is 0 Å². The highest BCUT2D eigenvalue weighted by molar-refractivity contribution is 5.79. The number of hydrogen-bond donors (Lipinski definition) is 1. The number of aromatic nitrogens is 2. The Bertz CT molecular complexity index is 803. The Hall–Kier alpha value is -2.96. The maximum absolute atomic E-state index is 12.4. The maximum atomic E-state index is 12.4. The van der Waals surface area contributed by atoms with Gasteiger partial charge in [0.15, 0.2) is 0 Å². The van der Waals surface area contributed by atoms with Crippen molar-refractivity contribution in [2.24, 2.45) is 0 Å². The van der Waals surface area contributed by atoms with Gasteiger partial charge in [-0.15, -0.1) is 0 Å². The summed E-state index contributed by atoms with van der Waals surface area (Å²) in [7, 11) is 0. The van der Waals surface area contributed by atoms with Crippen LogP contribution in [0.4, 0.5) is 0 Å². The third-order valence-electron chi connectivity index (χ3n) is 4.21. The third kappa shape index (κ3) is 4.32. The summed E-state index contributed by atoms with van der Waals surface area (Å²) in [6, 6.07) is 10.8. The van der Waals surface area contributed by atoms with Gasteiger partial charge in [0.2, 0.25) is 11.8 Å². The smallest absolute Gasteiger partial charge is 0.346 e. The number of amides is 2. The van der Waals surface area contributed by atoms with Crippen molar-refractivity contribution in [3.8, 4) is 0 Å². The minimum atomic E-state index is -0.469. The Kier molecular flexibility index (Phi) is 5.23. The van der Waals surface area contributed by atoms with Gasteiger partial charge in [0.1, 0.15) is 6.54 Å². The Morgan fingerprint density at radius 3 is 2.68 bits per heavy atom. The van der Waals surface area contributed by atoms with Crippen LogP contribution in [-0.2, 0) is 16.1 Å². The lowest BCUT2D eigenvalue weighted by atomic mass is 10.1. The number of carbonyl (C=O) groups excluding carboxylic acids is 2. The van der Waals surface area contributed by atoms with Crippen molar-refractivity contribution in [3.05, 3.63) is 64.8 Å². The van der Waals surface area contributed by atoms with E-state index in [1.165, 1.54) is 17.0 Å². The second kappa shape index (κ2) is 7.74. The standard InChI is InChI=1S/C18H20N4O3/c23-16(13-22-11-5-9-19-18(22)25)20-15(14-6-2-1-3-7-14)12-21-10-4-8-17(21)24/h1-3,5-7,9,11,15H,4,8,10,12-13H2,(H,20,23)/t15-/m0/s1. The van der Waals surface area contributed by atoms with Crippen LogP contribution in [0, 0.1) is 0 Å². The van der Waals surface area contributed by atoms with Gasteiger partial charge in [-0.25, -0.2) is 9.78 Å². The fourth-order valence-electron chi connectivity index (χ4n) is 2.94. The molecule has 0 unspecified atom stereocenters. The van der Waals surface area contributed by atoms with Gasteiger partial charge < -0.3 is 10.2 Å². The van der Waals surface area contributed by atoms with E-state index in [1.807, 2.05) is 30.3 Å². The lowest BCUT2D eigenvalue weighted by Crippen LogP contribution is -2.40. The molecule has 1 fully saturated rings. The molecule has 1 aliphatic heterocycles. The third-order valence-corrected chi connectivity index (χ3v) is 4.21. The number of carbonyl (C=O) groups is 2. The minimum Gasteiger partial charge on any atom is -0.346 e. The molecule has 0 bridgehead atoms. The minimum absolute atomic E-state index is 0.107. The van der Waals surface area contributed by atoms with E-state index in [0.717, 1.165) is 12.0 Å². The van der Waals surface area contributed by atoms with Gasteiger partial charge in [-0.05, 0) is 18.1 Å². The molecule has 1 N–H and O–H groups in total. The molecule has 7 nitrogen and oxygen atoms in total. The summed E-state index contributed by atoms with van der Waals surface area (Å²) in [5.41, 5.74) is 0.456. The van der Waals surface area contributed by atoms with Crippen LogP contribution in [0.15, 0.2) is 53.6 Å². The summed E-state index contributed by atoms with van der Waals surface area (Å²) in [4.78, 5) is 41.4. The molecule has 130 valence electrons. The molecular formula is C18H20N4O3. The molecule has 1 aromatic carbocycles. The zero-order valence-corrected chi connectivity index (χ0v) is 13.8. The quantitative estimate of drug-likeness (QED) is 0.840. The largest absolute Gasteiger partial charge is 0.347 e. The lowest BCUT2D eigenvalue weighted by molar-refractivity contribution is -0.129. The molecule has 1 atom stereocenters. The first-order valence-electron chi connectivity index (χ1n) is 8.27. The van der Waals surface area contributed by atoms with Crippen molar-refractivity contribution >= 4 is 11.8 Å². The zero-order chi connectivity index (χ0) is 17.6. The van der Waals surface area contributed by atoms with Crippen molar-refractivity contribution in [1.29, 1.82) is 0 Å². The first-order chi connectivity index (χ1) is 12.1. The SMILES string of the molecule is O=C(Cn1cccnc1=O)N[C@@H](CN1CCCC1=O)c1ccccc1. The average molecular weight is 340 g/mol. The van der Waals surface area contributed by atoms with E-state index in [0.29, 0.717) is 19.5 Å². The number of nitrogens with zero attached hydrogens (tertiary/aromatic N) is 3. The number of rotatable bonds is 6. The molecule has 2 amide bonds. The molecule has 2 aromatic rings. The van der Waals surface area contributed by atoms with Crippen molar-refractivity contribution in [1.82, 2.24) is 19.8 Å². The lowest BCUT2D eigenvalue weighted by Gasteiger charge is -2.25. The molecule has 1 aliphatic rings. The predicted molar refractivity (Wildman–Crippen MR) is 91.6 cm³/mol. The van der Waals surface area contributed by atoms with Gasteiger partial charge in [-0.1, -0.05) is 30.3 Å². The predicted octanol–water partition coefficient (Wildman–Crippen LogP) is 0.723. The van der Waals surface area contributed by atoms with Crippen LogP contribution < -0.4 is 11.0 Å². The molecule has 0 radical (unpaired) electrons. The summed E-state index contributed by atoms with van der Waals surface area (Å²) < 4.78 is 1.25. The summed E-state index contributed by atoms with van der Waals surface area (Å²) in [6.45, 7) is 1.03. The fourth-order valence-corrected chi connectivity index (χ4v) is 2.94. The zero-order valence-electron chi connectivity index (χ0n) is 13.8. The van der Waals surface area contributed by atoms with Crippen molar-refractivity contribution in [2.75, 3.05) is 13.1 Å². The van der Waals surface area contributed by atoms with Gasteiger partial charge in [0, 0.05) is 31.9 Å². The van der Waals surface area contributed by atoms with Crippen molar-refractivity contribution in [3.63, 3.8) is 0 Å². The van der Waals surface area contributed by atoms with Gasteiger partial charge >= 0.3 is 5.69 Å². The van der Waals surface area contributed by atoms with Crippen LogP contribution in [0.1, 0.15) is 24.4 Å². The van der Waals surface area contributed by atoms with Gasteiger partial charge in [-0.2, -0.15) is 0 Å². The monoisotopic (exact) mass is 340 g/mol. The number of likely N-dealkylation sites (tertiary alicyclic amines) is 1. The second-order valence-electron chi connectivity index (χ2n) is 6.00. The summed E-state index contributed by atoms with van der Waals surface area (Å²) in [5.74, 6) is -0.186. The molecule has 3 rings (SSSR count). The van der Waals surface area contributed by atoms with E-state index in [9.17, 15) is 14.4 Å². The van der Waals surface area contributed by atoms with E-state index in [1.54, 1.807) is 11.0 Å². The van der Waals surface area contributed by atoms with Crippen molar-refractivity contribution in [2.45, 2.75) is 25.4 Å². The number of hydrogen-bond acceptors (Lipinski definition) is 4. The maximum Gasteiger partial charge on any atom is 0.347 e. The van der Waals surface area contributed by atoms with E-state index in [4.69, 9.17) is 0 Å². The molecule has 1 aromatic heterocycles. The molecule has 0 spiro atoms. The Labute approximate surface area is 145 Å². The molecule has 0 saturated carbocycles. The Balaban J connectivity index is 1.73. The molecule has 0 aliphatic carbocycles. The summed E-state index contributed by atoms with van der Waals surface area (Å²) in [5, 5.41) is 2.94. The Morgan fingerprint density at radius 1 is 1.20 bits per heavy atom. The van der Waals surface area contributed by atoms with Gasteiger partial charge in [0.05, 0.1) is 6.04 Å². The molecule has 1 saturated heterocycles. The van der Waals surface area contributed by atoms with E-state index in [2.05, 4.69) is 10.3 Å². The number of nitrogens with one attached hydrogen (secondary N) is 1. The molecule has 7 heteroatoms. The second-order valence-corrected chi connectivity index (χ2v) is 6.00. The van der Waals surface area contributed by atoms with Gasteiger partial charge in [-0.3, -0.25) is 14.2 Å². The van der Waals surface area contributed by atoms with Crippen LogP contribution in [0.3, 0.4) is 0 Å². The summed E-state index contributed by atoms with van der Waals surface area (Å²) in [6.07, 6.45) is 4.32. The topological polar surface area (TPSA) is 84.3 Å². The normalized spacial score (nSPS) is 15.2. The molecular weight excluding hydrogens is 320 g/mol. The average Bonchev–Trinajstić information content (AvgIpc) is 3.02. The van der Waals surface area contributed by atoms with Gasteiger partial charge in [0.25, 0.3) is 0 Å².